The topological polar surface area (TPSA) is 57.5 Å². The van der Waals surface area contributed by atoms with Crippen molar-refractivity contribution in [3.05, 3.63) is 0 Å². The smallest absolute Gasteiger partial charge is 0.187 e. The molecule has 0 radical (unpaired) electrons. The van der Waals surface area contributed by atoms with Crippen LogP contribution in [0.4, 0.5) is 4.39 Å². The largest absolute Gasteiger partial charge is 0.306 e. The molecule has 0 saturated carbocycles. The summed E-state index contributed by atoms with van der Waals surface area (Å²) in [6.07, 6.45) is 0. The zero-order chi connectivity index (χ0) is 6.86. The van der Waals surface area contributed by atoms with Crippen LogP contribution in [0.15, 0.2) is 0 Å². The molecule has 3 nitrogen and oxygen atoms in total. The Hall–Kier alpha value is -0.0000000000000000555. The molecule has 0 atom stereocenters. The normalized spacial score (nSPS) is 17.2. The molecule has 0 fully saturated rings. The summed E-state index contributed by atoms with van der Waals surface area (Å²) in [7, 11) is -4.80. The van der Waals surface area contributed by atoms with E-state index < -0.39 is 21.4 Å². The minimum Gasteiger partial charge on any atom is -0.306 e. The van der Waals surface area contributed by atoms with Crippen LogP contribution >= 0.6 is 0 Å². The molecule has 52 valence electrons. The maximum Gasteiger partial charge on any atom is 0.187 e. The molecular formula is C3H9FO3S. The first-order valence-corrected chi connectivity index (χ1v) is 4.30. The summed E-state index contributed by atoms with van der Waals surface area (Å²) >= 11 is 0. The Balaban J connectivity index is 4.25. The van der Waals surface area contributed by atoms with E-state index in [4.69, 9.17) is 9.11 Å². The average molecular weight is 144 g/mol. The van der Waals surface area contributed by atoms with Gasteiger partial charge in [-0.25, -0.2) is 8.60 Å². The van der Waals surface area contributed by atoms with Crippen LogP contribution in [0.1, 0.15) is 6.92 Å². The predicted octanol–water partition coefficient (Wildman–Crippen LogP) is 0.699. The molecule has 0 spiro atoms. The second-order valence-electron chi connectivity index (χ2n) is 1.58. The minimum absolute atomic E-state index is 0.451. The van der Waals surface area contributed by atoms with Gasteiger partial charge in [0.1, 0.15) is 9.63 Å². The first-order chi connectivity index (χ1) is 3.39. The Morgan fingerprint density at radius 2 is 2.00 bits per heavy atom. The SMILES string of the molecule is CCS(=O)(O)(O)CF. The lowest BCUT2D eigenvalue weighted by atomic mass is 11.0. The molecule has 0 saturated heterocycles. The standard InChI is InChI=1S/C3H9FO3S/c1-2-8(5,6,7)3-4/h2-3H2,1H3,(H2,5,6,7). The Morgan fingerprint density at radius 1 is 1.62 bits per heavy atom. The lowest BCUT2D eigenvalue weighted by Crippen LogP contribution is -2.35. The molecule has 0 aliphatic heterocycles. The predicted molar refractivity (Wildman–Crippen MR) is 29.9 cm³/mol. The second kappa shape index (κ2) is 1.75. The van der Waals surface area contributed by atoms with Gasteiger partial charge in [0.05, 0.1) is 0 Å². The third-order valence-corrected chi connectivity index (χ3v) is 2.40. The molecule has 0 aliphatic carbocycles. The highest BCUT2D eigenvalue weighted by atomic mass is 32.3. The molecule has 0 rings (SSSR count). The molecule has 5 heteroatoms. The third kappa shape index (κ3) is 2.34. The molecule has 0 aromatic heterocycles. The highest BCUT2D eigenvalue weighted by Crippen LogP contribution is 2.14. The molecule has 0 amide bonds. The van der Waals surface area contributed by atoms with E-state index in [2.05, 4.69) is 0 Å². The maximum atomic E-state index is 11.4. The summed E-state index contributed by atoms with van der Waals surface area (Å²) in [5, 5.41) is 0. The van der Waals surface area contributed by atoms with Crippen LogP contribution in [0.25, 0.3) is 0 Å². The van der Waals surface area contributed by atoms with Crippen LogP contribution in [0.2, 0.25) is 0 Å². The Morgan fingerprint density at radius 3 is 2.00 bits per heavy atom. The van der Waals surface area contributed by atoms with Gasteiger partial charge in [-0.15, -0.1) is 0 Å². The van der Waals surface area contributed by atoms with Gasteiger partial charge in [-0.3, -0.25) is 0 Å². The summed E-state index contributed by atoms with van der Waals surface area (Å²) in [5.74, 6) is -0.451. The van der Waals surface area contributed by atoms with E-state index in [1.165, 1.54) is 6.92 Å². The van der Waals surface area contributed by atoms with E-state index in [-0.39, 0.29) is 0 Å². The highest BCUT2D eigenvalue weighted by molar-refractivity contribution is 8.10. The van der Waals surface area contributed by atoms with Crippen molar-refractivity contribution in [3.63, 3.8) is 0 Å². The molecule has 0 unspecified atom stereocenters. The second-order valence-corrected chi connectivity index (χ2v) is 4.75. The number of rotatable bonds is 2. The van der Waals surface area contributed by atoms with Crippen LogP contribution in [-0.4, -0.2) is 25.1 Å². The van der Waals surface area contributed by atoms with E-state index in [1.54, 1.807) is 0 Å². The summed E-state index contributed by atoms with van der Waals surface area (Å²) in [6.45, 7) is 1.24. The van der Waals surface area contributed by atoms with E-state index in [1.807, 2.05) is 0 Å². The summed E-state index contributed by atoms with van der Waals surface area (Å²) < 4.78 is 38.3. The minimum atomic E-state index is -4.80. The van der Waals surface area contributed by atoms with Gasteiger partial charge in [0.2, 0.25) is 0 Å². The molecule has 8 heavy (non-hydrogen) atoms. The number of hydrogen-bond donors (Lipinski definition) is 2. The lowest BCUT2D eigenvalue weighted by molar-refractivity contribution is 0.363. The fourth-order valence-corrected chi connectivity index (χ4v) is 0.231. The fraction of sp³-hybridized carbons (Fsp3) is 1.00. The van der Waals surface area contributed by atoms with Gasteiger partial charge < -0.3 is 9.11 Å². The van der Waals surface area contributed by atoms with Crippen molar-refractivity contribution in [2.75, 3.05) is 11.8 Å². The van der Waals surface area contributed by atoms with E-state index in [9.17, 15) is 8.60 Å². The number of halogens is 1. The first-order valence-electron chi connectivity index (χ1n) is 2.08. The fourth-order valence-electron chi connectivity index (χ4n) is 0.0772. The monoisotopic (exact) mass is 144 g/mol. The highest BCUT2D eigenvalue weighted by Gasteiger charge is 2.26. The van der Waals surface area contributed by atoms with Gasteiger partial charge in [-0.05, 0) is 0 Å². The van der Waals surface area contributed by atoms with Crippen molar-refractivity contribution in [1.29, 1.82) is 0 Å². The molecule has 0 aliphatic rings. The van der Waals surface area contributed by atoms with Crippen molar-refractivity contribution >= 4 is 9.63 Å². The molecule has 2 N–H and O–H groups in total. The molecule has 0 bridgehead atoms. The zero-order valence-corrected chi connectivity index (χ0v) is 5.32. The van der Waals surface area contributed by atoms with Crippen LogP contribution in [-0.2, 0) is 9.63 Å². The Bertz CT molecular complexity index is 127. The zero-order valence-electron chi connectivity index (χ0n) is 4.50. The number of hydrogen-bond acceptors (Lipinski definition) is 1. The van der Waals surface area contributed by atoms with Crippen molar-refractivity contribution in [2.45, 2.75) is 6.92 Å². The van der Waals surface area contributed by atoms with Crippen LogP contribution in [0.3, 0.4) is 0 Å². The third-order valence-electron chi connectivity index (χ3n) is 0.799. The van der Waals surface area contributed by atoms with Gasteiger partial charge in [0.15, 0.2) is 6.01 Å². The van der Waals surface area contributed by atoms with Gasteiger partial charge in [0, 0.05) is 5.75 Å². The Labute approximate surface area is 47.0 Å². The van der Waals surface area contributed by atoms with Crippen molar-refractivity contribution in [2.24, 2.45) is 0 Å². The van der Waals surface area contributed by atoms with Gasteiger partial charge >= 0.3 is 0 Å². The number of alkyl halides is 1. The van der Waals surface area contributed by atoms with Crippen LogP contribution in [0.5, 0.6) is 0 Å². The summed E-state index contributed by atoms with van der Waals surface area (Å²) in [6, 6.07) is -1.58. The molecule has 0 heterocycles. The quantitative estimate of drug-likeness (QED) is 0.599. The van der Waals surface area contributed by atoms with Crippen LogP contribution < -0.4 is 0 Å². The summed E-state index contributed by atoms with van der Waals surface area (Å²) in [4.78, 5) is 0. The summed E-state index contributed by atoms with van der Waals surface area (Å²) in [5.41, 5.74) is 0. The Kier molecular flexibility index (Phi) is 1.75. The van der Waals surface area contributed by atoms with E-state index in [0.717, 1.165) is 0 Å². The first kappa shape index (κ1) is 8.00. The molecule has 0 aromatic carbocycles. The van der Waals surface area contributed by atoms with Crippen molar-refractivity contribution < 1.29 is 17.7 Å². The van der Waals surface area contributed by atoms with Gasteiger partial charge in [-0.1, -0.05) is 6.92 Å². The van der Waals surface area contributed by atoms with Crippen molar-refractivity contribution in [3.8, 4) is 0 Å². The molecular weight excluding hydrogens is 135 g/mol. The van der Waals surface area contributed by atoms with Crippen LogP contribution in [0, 0.1) is 0 Å². The van der Waals surface area contributed by atoms with Gasteiger partial charge in [0.25, 0.3) is 0 Å². The average Bonchev–Trinajstić information content (AvgIpc) is 1.68. The van der Waals surface area contributed by atoms with Gasteiger partial charge in [-0.2, -0.15) is 0 Å². The van der Waals surface area contributed by atoms with E-state index >= 15 is 0 Å². The lowest BCUT2D eigenvalue weighted by Gasteiger charge is -2.24. The molecule has 0 aromatic rings. The maximum absolute atomic E-state index is 11.4. The van der Waals surface area contributed by atoms with Crippen molar-refractivity contribution in [1.82, 2.24) is 0 Å². The van der Waals surface area contributed by atoms with E-state index in [0.29, 0.717) is 0 Å².